The topological polar surface area (TPSA) is 58.2 Å². The van der Waals surface area contributed by atoms with E-state index in [9.17, 15) is 9.59 Å². The number of amides is 2. The molecule has 0 bridgehead atoms. The summed E-state index contributed by atoms with van der Waals surface area (Å²) in [5.41, 5.74) is 4.15. The summed E-state index contributed by atoms with van der Waals surface area (Å²) in [6, 6.07) is 5.71. The zero-order valence-corrected chi connectivity index (χ0v) is 13.4. The molecule has 2 amide bonds. The molecule has 2 N–H and O–H groups in total. The number of allylic oxidation sites excluding steroid dienone is 1. The van der Waals surface area contributed by atoms with E-state index in [2.05, 4.69) is 16.7 Å². The summed E-state index contributed by atoms with van der Waals surface area (Å²) < 4.78 is 0. The molecule has 118 valence electrons. The maximum atomic E-state index is 11.9. The average Bonchev–Trinajstić information content (AvgIpc) is 2.51. The van der Waals surface area contributed by atoms with Crippen molar-refractivity contribution in [3.8, 4) is 0 Å². The van der Waals surface area contributed by atoms with Gasteiger partial charge in [-0.1, -0.05) is 29.3 Å². The first-order chi connectivity index (χ1) is 10.6. The van der Waals surface area contributed by atoms with Crippen LogP contribution in [0.15, 0.2) is 29.8 Å². The van der Waals surface area contributed by atoms with E-state index in [4.69, 9.17) is 0 Å². The summed E-state index contributed by atoms with van der Waals surface area (Å²) in [6.45, 7) is 4.42. The van der Waals surface area contributed by atoms with Crippen molar-refractivity contribution in [1.29, 1.82) is 0 Å². The van der Waals surface area contributed by atoms with Crippen molar-refractivity contribution in [3.63, 3.8) is 0 Å². The Bertz CT molecular complexity index is 591. The van der Waals surface area contributed by atoms with Crippen LogP contribution in [0, 0.1) is 13.8 Å². The molecule has 4 heteroatoms. The minimum Gasteiger partial charge on any atom is -0.348 e. The smallest absolute Gasteiger partial charge is 0.313 e. The third-order valence-electron chi connectivity index (χ3n) is 3.95. The van der Waals surface area contributed by atoms with Crippen LogP contribution in [-0.2, 0) is 9.59 Å². The number of aryl methyl sites for hydroxylation is 2. The highest BCUT2D eigenvalue weighted by molar-refractivity contribution is 6.39. The fraction of sp³-hybridized carbons (Fsp3) is 0.444. The van der Waals surface area contributed by atoms with Gasteiger partial charge in [0.2, 0.25) is 0 Å². The lowest BCUT2D eigenvalue weighted by Crippen LogP contribution is -2.36. The van der Waals surface area contributed by atoms with Crippen molar-refractivity contribution in [2.75, 3.05) is 11.9 Å². The highest BCUT2D eigenvalue weighted by atomic mass is 16.2. The Morgan fingerprint density at radius 1 is 1.14 bits per heavy atom. The third-order valence-corrected chi connectivity index (χ3v) is 3.95. The second-order valence-corrected chi connectivity index (χ2v) is 5.89. The number of benzene rings is 1. The molecule has 0 saturated carbocycles. The predicted octanol–water partition coefficient (Wildman–Crippen LogP) is 3.25. The minimum atomic E-state index is -0.607. The van der Waals surface area contributed by atoms with Crippen molar-refractivity contribution in [1.82, 2.24) is 5.32 Å². The van der Waals surface area contributed by atoms with E-state index in [1.54, 1.807) is 0 Å². The normalized spacial score (nSPS) is 14.2. The average molecular weight is 300 g/mol. The Kier molecular flexibility index (Phi) is 5.75. The molecule has 0 saturated heterocycles. The van der Waals surface area contributed by atoms with Crippen molar-refractivity contribution in [3.05, 3.63) is 41.0 Å². The lowest BCUT2D eigenvalue weighted by atomic mass is 9.97. The van der Waals surface area contributed by atoms with Gasteiger partial charge in [-0.15, -0.1) is 0 Å². The largest absolute Gasteiger partial charge is 0.348 e. The van der Waals surface area contributed by atoms with Gasteiger partial charge in [-0.2, -0.15) is 0 Å². The second-order valence-electron chi connectivity index (χ2n) is 5.89. The predicted molar refractivity (Wildman–Crippen MR) is 88.7 cm³/mol. The number of anilines is 1. The summed E-state index contributed by atoms with van der Waals surface area (Å²) in [5.74, 6) is -1.18. The summed E-state index contributed by atoms with van der Waals surface area (Å²) in [7, 11) is 0. The molecule has 0 aliphatic heterocycles. The molecule has 2 rings (SSSR count). The van der Waals surface area contributed by atoms with Crippen molar-refractivity contribution in [2.24, 2.45) is 0 Å². The third kappa shape index (κ3) is 4.72. The Morgan fingerprint density at radius 2 is 1.95 bits per heavy atom. The Balaban J connectivity index is 1.79. The molecule has 4 nitrogen and oxygen atoms in total. The van der Waals surface area contributed by atoms with Crippen LogP contribution < -0.4 is 10.6 Å². The van der Waals surface area contributed by atoms with Gasteiger partial charge in [-0.3, -0.25) is 9.59 Å². The number of nitrogens with one attached hydrogen (secondary N) is 2. The molecule has 22 heavy (non-hydrogen) atoms. The van der Waals surface area contributed by atoms with Crippen molar-refractivity contribution >= 4 is 17.5 Å². The van der Waals surface area contributed by atoms with Gasteiger partial charge in [0.05, 0.1) is 0 Å². The molecule has 0 fully saturated rings. The molecule has 1 aliphatic carbocycles. The fourth-order valence-corrected chi connectivity index (χ4v) is 2.68. The first kappa shape index (κ1) is 16.3. The van der Waals surface area contributed by atoms with Crippen LogP contribution in [0.5, 0.6) is 0 Å². The monoisotopic (exact) mass is 300 g/mol. The number of carbonyl (C=O) groups excluding carboxylic acids is 2. The lowest BCUT2D eigenvalue weighted by Gasteiger charge is -2.13. The SMILES string of the molecule is Cc1ccc(NC(=O)C(=O)NCCC2=CCCCC2)c(C)c1. The molecule has 0 radical (unpaired) electrons. The Hall–Kier alpha value is -2.10. The van der Waals surface area contributed by atoms with Gasteiger partial charge in [-0.05, 0) is 57.6 Å². The van der Waals surface area contributed by atoms with Gasteiger partial charge < -0.3 is 10.6 Å². The van der Waals surface area contributed by atoms with Crippen LogP contribution in [0.4, 0.5) is 5.69 Å². The fourth-order valence-electron chi connectivity index (χ4n) is 2.68. The Labute approximate surface area is 132 Å². The molecule has 0 aromatic heterocycles. The Morgan fingerprint density at radius 3 is 2.64 bits per heavy atom. The van der Waals surface area contributed by atoms with E-state index < -0.39 is 11.8 Å². The standard InChI is InChI=1S/C18H24N2O2/c1-13-8-9-16(14(2)12-13)20-18(22)17(21)19-11-10-15-6-4-3-5-7-15/h6,8-9,12H,3-5,7,10-11H2,1-2H3,(H,19,21)(H,20,22). The van der Waals surface area contributed by atoms with E-state index in [-0.39, 0.29) is 0 Å². The molecule has 1 aromatic rings. The van der Waals surface area contributed by atoms with Gasteiger partial charge in [-0.25, -0.2) is 0 Å². The molecule has 0 unspecified atom stereocenters. The van der Waals surface area contributed by atoms with Gasteiger partial charge in [0.1, 0.15) is 0 Å². The van der Waals surface area contributed by atoms with Crippen LogP contribution in [0.2, 0.25) is 0 Å². The zero-order valence-electron chi connectivity index (χ0n) is 13.4. The highest BCUT2D eigenvalue weighted by Crippen LogP contribution is 2.19. The zero-order chi connectivity index (χ0) is 15.9. The van der Waals surface area contributed by atoms with Crippen LogP contribution in [0.25, 0.3) is 0 Å². The maximum Gasteiger partial charge on any atom is 0.313 e. The van der Waals surface area contributed by atoms with E-state index in [0.29, 0.717) is 12.2 Å². The van der Waals surface area contributed by atoms with Gasteiger partial charge >= 0.3 is 11.8 Å². The van der Waals surface area contributed by atoms with E-state index >= 15 is 0 Å². The van der Waals surface area contributed by atoms with Gasteiger partial charge in [0, 0.05) is 12.2 Å². The number of hydrogen-bond acceptors (Lipinski definition) is 2. The molecule has 1 aromatic carbocycles. The molecular formula is C18H24N2O2. The summed E-state index contributed by atoms with van der Waals surface area (Å²) >= 11 is 0. The number of hydrogen-bond donors (Lipinski definition) is 2. The van der Waals surface area contributed by atoms with E-state index in [0.717, 1.165) is 30.4 Å². The number of carbonyl (C=O) groups is 2. The molecule has 1 aliphatic rings. The highest BCUT2D eigenvalue weighted by Gasteiger charge is 2.14. The van der Waals surface area contributed by atoms with Crippen LogP contribution in [-0.4, -0.2) is 18.4 Å². The quantitative estimate of drug-likeness (QED) is 0.662. The molecule has 0 heterocycles. The first-order valence-corrected chi connectivity index (χ1v) is 7.90. The molecular weight excluding hydrogens is 276 g/mol. The summed E-state index contributed by atoms with van der Waals surface area (Å²) in [6.07, 6.45) is 7.83. The lowest BCUT2D eigenvalue weighted by molar-refractivity contribution is -0.136. The van der Waals surface area contributed by atoms with Crippen LogP contribution in [0.3, 0.4) is 0 Å². The number of rotatable bonds is 4. The molecule has 0 spiro atoms. The second kappa shape index (κ2) is 7.78. The van der Waals surface area contributed by atoms with Gasteiger partial charge in [0.15, 0.2) is 0 Å². The first-order valence-electron chi connectivity index (χ1n) is 7.90. The minimum absolute atomic E-state index is 0.519. The van der Waals surface area contributed by atoms with Crippen LogP contribution >= 0.6 is 0 Å². The summed E-state index contributed by atoms with van der Waals surface area (Å²) in [5, 5.41) is 5.35. The summed E-state index contributed by atoms with van der Waals surface area (Å²) in [4.78, 5) is 23.7. The van der Waals surface area contributed by atoms with Crippen molar-refractivity contribution in [2.45, 2.75) is 46.0 Å². The van der Waals surface area contributed by atoms with Crippen LogP contribution in [0.1, 0.15) is 43.2 Å². The van der Waals surface area contributed by atoms with E-state index in [1.165, 1.54) is 18.4 Å². The van der Waals surface area contributed by atoms with Gasteiger partial charge in [0.25, 0.3) is 0 Å². The maximum absolute atomic E-state index is 11.9. The molecule has 0 atom stereocenters. The van der Waals surface area contributed by atoms with Crippen molar-refractivity contribution < 1.29 is 9.59 Å². The van der Waals surface area contributed by atoms with E-state index in [1.807, 2.05) is 32.0 Å².